The zero-order valence-corrected chi connectivity index (χ0v) is 8.00. The van der Waals surface area contributed by atoms with E-state index < -0.39 is 35.0 Å². The molecule has 0 atom stereocenters. The van der Waals surface area contributed by atoms with E-state index in [0.717, 1.165) is 7.11 Å². The lowest BCUT2D eigenvalue weighted by Crippen LogP contribution is -2.12. The van der Waals surface area contributed by atoms with E-state index in [1.54, 1.807) is 0 Å². The van der Waals surface area contributed by atoms with E-state index in [1.165, 1.54) is 6.07 Å². The number of esters is 1. The van der Waals surface area contributed by atoms with E-state index in [1.807, 2.05) is 0 Å². The Bertz CT molecular complexity index is 469. The molecule has 0 radical (unpaired) electrons. The molecule has 0 N–H and O–H groups in total. The second-order valence-electron chi connectivity index (χ2n) is 2.65. The van der Waals surface area contributed by atoms with Crippen molar-refractivity contribution in [1.29, 1.82) is 5.26 Å². The second kappa shape index (κ2) is 4.61. The van der Waals surface area contributed by atoms with Crippen LogP contribution in [-0.2, 0) is 4.74 Å². The molecule has 0 amide bonds. The maximum atomic E-state index is 13.1. The van der Waals surface area contributed by atoms with Crippen LogP contribution in [0, 0.1) is 17.1 Å². The monoisotopic (exact) mass is 230 g/mol. The van der Waals surface area contributed by atoms with Gasteiger partial charge < -0.3 is 4.74 Å². The van der Waals surface area contributed by atoms with Crippen molar-refractivity contribution in [3.05, 3.63) is 28.8 Å². The molecule has 0 bridgehead atoms. The highest BCUT2D eigenvalue weighted by Crippen LogP contribution is 2.27. The van der Waals surface area contributed by atoms with Crippen LogP contribution in [-0.4, -0.2) is 18.1 Å². The summed E-state index contributed by atoms with van der Waals surface area (Å²) in [5.41, 5.74) is -2.60. The first-order chi connectivity index (χ1) is 7.52. The molecule has 0 aromatic carbocycles. The summed E-state index contributed by atoms with van der Waals surface area (Å²) in [5, 5.41) is 8.57. The molecule has 0 aliphatic rings. The molecule has 0 aliphatic carbocycles. The van der Waals surface area contributed by atoms with Gasteiger partial charge in [-0.05, 0) is 0 Å². The van der Waals surface area contributed by atoms with E-state index in [2.05, 4.69) is 9.72 Å². The average Bonchev–Trinajstić information content (AvgIpc) is 2.27. The number of halogens is 3. The van der Waals surface area contributed by atoms with Crippen molar-refractivity contribution in [1.82, 2.24) is 4.98 Å². The average molecular weight is 230 g/mol. The fourth-order valence-electron chi connectivity index (χ4n) is 1.11. The molecule has 0 unspecified atom stereocenters. The van der Waals surface area contributed by atoms with Gasteiger partial charge in [0.25, 0.3) is 6.43 Å². The lowest BCUT2D eigenvalue weighted by Gasteiger charge is -2.08. The number of alkyl halides is 2. The maximum absolute atomic E-state index is 13.1. The van der Waals surface area contributed by atoms with Crippen molar-refractivity contribution in [2.24, 2.45) is 0 Å². The van der Waals surface area contributed by atoms with Crippen LogP contribution in [0.25, 0.3) is 0 Å². The fourth-order valence-corrected chi connectivity index (χ4v) is 1.11. The molecule has 0 aliphatic heterocycles. The largest absolute Gasteiger partial charge is 0.465 e. The van der Waals surface area contributed by atoms with Crippen LogP contribution in [0.15, 0.2) is 6.20 Å². The highest BCUT2D eigenvalue weighted by atomic mass is 19.3. The summed E-state index contributed by atoms with van der Waals surface area (Å²) in [4.78, 5) is 14.4. The number of rotatable bonds is 2. The minimum Gasteiger partial charge on any atom is -0.465 e. The number of carbonyl (C=O) groups is 1. The molecule has 0 saturated heterocycles. The summed E-state index contributed by atoms with van der Waals surface area (Å²) in [6.45, 7) is 0. The molecule has 4 nitrogen and oxygen atoms in total. The Balaban J connectivity index is 3.57. The Morgan fingerprint density at radius 1 is 1.62 bits per heavy atom. The number of methoxy groups -OCH3 is 1. The molecule has 84 valence electrons. The fraction of sp³-hybridized carbons (Fsp3) is 0.222. The highest BCUT2D eigenvalue weighted by molar-refractivity contribution is 5.93. The molecule has 1 rings (SSSR count). The molecule has 0 saturated carbocycles. The third-order valence-corrected chi connectivity index (χ3v) is 1.78. The Morgan fingerprint density at radius 2 is 2.25 bits per heavy atom. The number of hydrogen-bond acceptors (Lipinski definition) is 4. The van der Waals surface area contributed by atoms with E-state index in [-0.39, 0.29) is 0 Å². The van der Waals surface area contributed by atoms with Crippen LogP contribution in [0.1, 0.15) is 28.0 Å². The molecule has 7 heteroatoms. The van der Waals surface area contributed by atoms with Gasteiger partial charge in [0, 0.05) is 0 Å². The van der Waals surface area contributed by atoms with Crippen LogP contribution < -0.4 is 0 Å². The van der Waals surface area contributed by atoms with Crippen LogP contribution in [0.5, 0.6) is 0 Å². The Morgan fingerprint density at radius 3 is 2.69 bits per heavy atom. The quantitative estimate of drug-likeness (QED) is 0.727. The van der Waals surface area contributed by atoms with Gasteiger partial charge in [-0.2, -0.15) is 5.26 Å². The molecule has 16 heavy (non-hydrogen) atoms. The number of hydrogen-bond donors (Lipinski definition) is 0. The maximum Gasteiger partial charge on any atom is 0.341 e. The van der Waals surface area contributed by atoms with Crippen molar-refractivity contribution in [2.45, 2.75) is 6.43 Å². The van der Waals surface area contributed by atoms with Crippen molar-refractivity contribution in [3.8, 4) is 6.07 Å². The first-order valence-electron chi connectivity index (χ1n) is 3.97. The standard InChI is InChI=1S/C9H5F3N2O2/c1-16-9(15)7-5(2-13)14-3-4(10)6(7)8(11)12/h3,8H,1H3. The van der Waals surface area contributed by atoms with Crippen LogP contribution >= 0.6 is 0 Å². The molecule has 1 heterocycles. The van der Waals surface area contributed by atoms with Gasteiger partial charge in [0.15, 0.2) is 11.5 Å². The minimum absolute atomic E-state index is 0.465. The van der Waals surface area contributed by atoms with E-state index in [4.69, 9.17) is 5.26 Å². The normalized spacial score (nSPS) is 10.0. The van der Waals surface area contributed by atoms with Gasteiger partial charge in [-0.15, -0.1) is 0 Å². The molecule has 0 spiro atoms. The molecule has 0 fully saturated rings. The first-order valence-corrected chi connectivity index (χ1v) is 3.97. The van der Waals surface area contributed by atoms with Crippen molar-refractivity contribution in [2.75, 3.05) is 7.11 Å². The summed E-state index contributed by atoms with van der Waals surface area (Å²) < 4.78 is 42.3. The number of nitriles is 1. The molecular formula is C9H5F3N2O2. The van der Waals surface area contributed by atoms with Crippen molar-refractivity contribution < 1.29 is 22.7 Å². The van der Waals surface area contributed by atoms with Gasteiger partial charge in [-0.3, -0.25) is 0 Å². The predicted molar refractivity (Wildman–Crippen MR) is 45.2 cm³/mol. The number of pyridine rings is 1. The van der Waals surface area contributed by atoms with Gasteiger partial charge in [-0.1, -0.05) is 0 Å². The predicted octanol–water partition coefficient (Wildman–Crippen LogP) is 1.82. The number of ether oxygens (including phenoxy) is 1. The third-order valence-electron chi connectivity index (χ3n) is 1.78. The van der Waals surface area contributed by atoms with Gasteiger partial charge >= 0.3 is 5.97 Å². The zero-order chi connectivity index (χ0) is 12.3. The van der Waals surface area contributed by atoms with Crippen LogP contribution in [0.3, 0.4) is 0 Å². The van der Waals surface area contributed by atoms with Gasteiger partial charge in [-0.25, -0.2) is 22.9 Å². The second-order valence-corrected chi connectivity index (χ2v) is 2.65. The summed E-state index contributed by atoms with van der Waals surface area (Å²) in [6, 6.07) is 1.42. The van der Waals surface area contributed by atoms with Crippen LogP contribution in [0.2, 0.25) is 0 Å². The van der Waals surface area contributed by atoms with E-state index in [9.17, 15) is 18.0 Å². The SMILES string of the molecule is COC(=O)c1c(C#N)ncc(F)c1C(F)F. The topological polar surface area (TPSA) is 63.0 Å². The molecular weight excluding hydrogens is 225 g/mol. The number of aromatic nitrogens is 1. The molecule has 1 aromatic heterocycles. The summed E-state index contributed by atoms with van der Waals surface area (Å²) >= 11 is 0. The van der Waals surface area contributed by atoms with Gasteiger partial charge in [0.1, 0.15) is 11.6 Å². The summed E-state index contributed by atoms with van der Waals surface area (Å²) in [6.07, 6.45) is -2.77. The Kier molecular flexibility index (Phi) is 3.45. The van der Waals surface area contributed by atoms with Crippen LogP contribution in [0.4, 0.5) is 13.2 Å². The van der Waals surface area contributed by atoms with Crippen molar-refractivity contribution in [3.63, 3.8) is 0 Å². The Labute approximate surface area is 88.3 Å². The van der Waals surface area contributed by atoms with Crippen molar-refractivity contribution >= 4 is 5.97 Å². The third kappa shape index (κ3) is 1.95. The smallest absolute Gasteiger partial charge is 0.341 e. The lowest BCUT2D eigenvalue weighted by molar-refractivity contribution is 0.0586. The summed E-state index contributed by atoms with van der Waals surface area (Å²) in [7, 11) is 0.934. The van der Waals surface area contributed by atoms with E-state index >= 15 is 0 Å². The van der Waals surface area contributed by atoms with Gasteiger partial charge in [0.05, 0.1) is 18.9 Å². The summed E-state index contributed by atoms with van der Waals surface area (Å²) in [5.74, 6) is -2.58. The number of carbonyl (C=O) groups excluding carboxylic acids is 1. The first kappa shape index (κ1) is 12.0. The zero-order valence-electron chi connectivity index (χ0n) is 8.00. The minimum atomic E-state index is -3.23. The van der Waals surface area contributed by atoms with Gasteiger partial charge in [0.2, 0.25) is 0 Å². The lowest BCUT2D eigenvalue weighted by atomic mass is 10.1. The number of nitrogens with zero attached hydrogens (tertiary/aromatic N) is 2. The molecule has 1 aromatic rings. The Hall–Kier alpha value is -2.10. The highest BCUT2D eigenvalue weighted by Gasteiger charge is 2.27. The van der Waals surface area contributed by atoms with E-state index in [0.29, 0.717) is 6.20 Å².